The number of nitrogens with one attached hydrogen (secondary N) is 1. The van der Waals surface area contributed by atoms with Crippen molar-refractivity contribution in [3.8, 4) is 0 Å². The number of nitrogens with zero attached hydrogens (tertiary/aromatic N) is 3. The zero-order valence-electron chi connectivity index (χ0n) is 13.0. The van der Waals surface area contributed by atoms with Gasteiger partial charge < -0.3 is 14.2 Å². The molecule has 0 fully saturated rings. The maximum Gasteiger partial charge on any atom is 0.419 e. The van der Waals surface area contributed by atoms with Gasteiger partial charge in [-0.25, -0.2) is 4.79 Å². The molecule has 4 rings (SSSR count). The number of oxazole rings is 1. The Kier molecular flexibility index (Phi) is 4.57. The minimum absolute atomic E-state index is 0.333. The summed E-state index contributed by atoms with van der Waals surface area (Å²) in [7, 11) is 0. The zero-order valence-corrected chi connectivity index (χ0v) is 14.7. The first kappa shape index (κ1) is 16.0. The number of aryl methyl sites for hydroxylation is 1. The van der Waals surface area contributed by atoms with Crippen molar-refractivity contribution in [2.45, 2.75) is 17.4 Å². The molecule has 0 spiro atoms. The molecule has 0 aliphatic rings. The summed E-state index contributed by atoms with van der Waals surface area (Å²) in [5, 5.41) is 12.2. The van der Waals surface area contributed by atoms with E-state index in [0.717, 1.165) is 20.7 Å². The maximum atomic E-state index is 11.9. The molecule has 3 aromatic heterocycles. The molecular formula is C16H14N4O3S2. The smallest absolute Gasteiger partial charge is 0.419 e. The topological polar surface area (TPSA) is 86.1 Å². The van der Waals surface area contributed by atoms with Gasteiger partial charge in [-0.05, 0) is 24.3 Å². The summed E-state index contributed by atoms with van der Waals surface area (Å²) in [5.74, 6) is 1.21. The molecule has 4 aromatic rings. The van der Waals surface area contributed by atoms with Gasteiger partial charge in [-0.2, -0.15) is 0 Å². The highest BCUT2D eigenvalue weighted by atomic mass is 32.2. The predicted molar refractivity (Wildman–Crippen MR) is 97.1 cm³/mol. The Labute approximate surface area is 150 Å². The van der Waals surface area contributed by atoms with E-state index in [0.29, 0.717) is 24.4 Å². The Balaban J connectivity index is 1.34. The highest BCUT2D eigenvalue weighted by Gasteiger charge is 2.10. The van der Waals surface area contributed by atoms with Gasteiger partial charge in [0, 0.05) is 12.3 Å². The molecule has 0 amide bonds. The van der Waals surface area contributed by atoms with Crippen molar-refractivity contribution in [1.82, 2.24) is 14.8 Å². The van der Waals surface area contributed by atoms with Crippen molar-refractivity contribution in [2.24, 2.45) is 0 Å². The van der Waals surface area contributed by atoms with Crippen LogP contribution in [0.25, 0.3) is 11.1 Å². The van der Waals surface area contributed by atoms with Gasteiger partial charge in [-0.1, -0.05) is 35.2 Å². The molecule has 0 aliphatic carbocycles. The average molecular weight is 374 g/mol. The molecule has 0 atom stereocenters. The standard InChI is InChI=1S/C16H14N4O3S2/c21-16-20(12-5-1-2-6-13(12)23-16)7-9-24-15-19-18-14(25-15)17-10-11-4-3-8-22-11/h1-6,8H,7,9-10H2,(H,17,18). The molecule has 0 bridgehead atoms. The summed E-state index contributed by atoms with van der Waals surface area (Å²) in [6, 6.07) is 11.2. The number of aromatic nitrogens is 3. The van der Waals surface area contributed by atoms with E-state index < -0.39 is 0 Å². The van der Waals surface area contributed by atoms with Crippen molar-refractivity contribution in [2.75, 3.05) is 11.1 Å². The lowest BCUT2D eigenvalue weighted by atomic mass is 10.3. The van der Waals surface area contributed by atoms with Crippen LogP contribution in [0, 0.1) is 0 Å². The molecule has 0 radical (unpaired) electrons. The monoisotopic (exact) mass is 374 g/mol. The molecule has 25 heavy (non-hydrogen) atoms. The summed E-state index contributed by atoms with van der Waals surface area (Å²) in [5.41, 5.74) is 1.42. The third-order valence-corrected chi connectivity index (χ3v) is 5.51. The highest BCUT2D eigenvalue weighted by Crippen LogP contribution is 2.26. The molecule has 0 unspecified atom stereocenters. The lowest BCUT2D eigenvalue weighted by Crippen LogP contribution is -2.15. The number of para-hydroxylation sites is 2. The summed E-state index contributed by atoms with van der Waals surface area (Å²) >= 11 is 3.04. The van der Waals surface area contributed by atoms with Crippen molar-refractivity contribution in [3.63, 3.8) is 0 Å². The van der Waals surface area contributed by atoms with Crippen LogP contribution in [0.3, 0.4) is 0 Å². The molecule has 1 N–H and O–H groups in total. The Morgan fingerprint density at radius 3 is 3.00 bits per heavy atom. The summed E-state index contributed by atoms with van der Waals surface area (Å²) in [6.45, 7) is 1.12. The van der Waals surface area contributed by atoms with E-state index in [-0.39, 0.29) is 5.76 Å². The van der Waals surface area contributed by atoms with E-state index in [9.17, 15) is 4.79 Å². The molecule has 0 saturated heterocycles. The fourth-order valence-electron chi connectivity index (χ4n) is 2.37. The van der Waals surface area contributed by atoms with E-state index in [1.54, 1.807) is 28.7 Å². The highest BCUT2D eigenvalue weighted by molar-refractivity contribution is 8.01. The molecule has 128 valence electrons. The minimum atomic E-state index is -0.333. The predicted octanol–water partition coefficient (Wildman–Crippen LogP) is 3.44. The van der Waals surface area contributed by atoms with Crippen LogP contribution in [-0.4, -0.2) is 20.5 Å². The number of furan rings is 1. The van der Waals surface area contributed by atoms with Crippen LogP contribution in [-0.2, 0) is 13.1 Å². The summed E-state index contributed by atoms with van der Waals surface area (Å²) in [4.78, 5) is 11.9. The molecule has 0 saturated carbocycles. The third kappa shape index (κ3) is 3.62. The molecule has 7 nitrogen and oxygen atoms in total. The van der Waals surface area contributed by atoms with Crippen LogP contribution >= 0.6 is 23.1 Å². The van der Waals surface area contributed by atoms with E-state index in [2.05, 4.69) is 15.5 Å². The summed E-state index contributed by atoms with van der Waals surface area (Å²) in [6.07, 6.45) is 1.64. The Morgan fingerprint density at radius 2 is 2.12 bits per heavy atom. The number of rotatable bonds is 7. The zero-order chi connectivity index (χ0) is 17.1. The molecule has 3 heterocycles. The number of benzene rings is 1. The quantitative estimate of drug-likeness (QED) is 0.496. The van der Waals surface area contributed by atoms with E-state index in [1.165, 1.54) is 11.3 Å². The SMILES string of the molecule is O=c1oc2ccccc2n1CCSc1nnc(NCc2ccco2)s1. The Morgan fingerprint density at radius 1 is 1.20 bits per heavy atom. The lowest BCUT2D eigenvalue weighted by Gasteiger charge is -2.00. The van der Waals surface area contributed by atoms with Crippen molar-refractivity contribution >= 4 is 39.3 Å². The van der Waals surface area contributed by atoms with Crippen molar-refractivity contribution in [3.05, 3.63) is 59.0 Å². The maximum absolute atomic E-state index is 11.9. The fraction of sp³-hybridized carbons (Fsp3) is 0.188. The second kappa shape index (κ2) is 7.16. The van der Waals surface area contributed by atoms with Gasteiger partial charge in [0.1, 0.15) is 5.76 Å². The molecule has 0 aliphatic heterocycles. The average Bonchev–Trinajstić information content (AvgIpc) is 3.34. The first-order chi connectivity index (χ1) is 12.3. The number of hydrogen-bond acceptors (Lipinski definition) is 8. The molecule has 9 heteroatoms. The largest absolute Gasteiger partial charge is 0.467 e. The van der Waals surface area contributed by atoms with Crippen LogP contribution in [0.5, 0.6) is 0 Å². The van der Waals surface area contributed by atoms with Gasteiger partial charge in [0.05, 0.1) is 18.3 Å². The van der Waals surface area contributed by atoms with Gasteiger partial charge in [0.2, 0.25) is 5.13 Å². The first-order valence-electron chi connectivity index (χ1n) is 7.60. The number of hydrogen-bond donors (Lipinski definition) is 1. The summed E-state index contributed by atoms with van der Waals surface area (Å²) < 4.78 is 13.0. The van der Waals surface area contributed by atoms with Gasteiger partial charge in [0.25, 0.3) is 0 Å². The van der Waals surface area contributed by atoms with E-state index in [4.69, 9.17) is 8.83 Å². The number of fused-ring (bicyclic) bond motifs is 1. The first-order valence-corrected chi connectivity index (χ1v) is 9.41. The van der Waals surface area contributed by atoms with Crippen LogP contribution in [0.4, 0.5) is 5.13 Å². The fourth-order valence-corrected chi connectivity index (χ4v) is 4.11. The van der Waals surface area contributed by atoms with Gasteiger partial charge in [-0.3, -0.25) is 4.57 Å². The second-order valence-corrected chi connectivity index (χ2v) is 7.46. The minimum Gasteiger partial charge on any atom is -0.467 e. The van der Waals surface area contributed by atoms with Crippen LogP contribution in [0.1, 0.15) is 5.76 Å². The van der Waals surface area contributed by atoms with E-state index >= 15 is 0 Å². The van der Waals surface area contributed by atoms with Crippen LogP contribution in [0.15, 0.2) is 60.6 Å². The van der Waals surface area contributed by atoms with Gasteiger partial charge in [-0.15, -0.1) is 10.2 Å². The van der Waals surface area contributed by atoms with Crippen LogP contribution < -0.4 is 11.1 Å². The van der Waals surface area contributed by atoms with Crippen LogP contribution in [0.2, 0.25) is 0 Å². The molecule has 1 aromatic carbocycles. The number of anilines is 1. The normalized spacial score (nSPS) is 11.2. The van der Waals surface area contributed by atoms with Gasteiger partial charge in [0.15, 0.2) is 9.92 Å². The Hall–Kier alpha value is -2.52. The lowest BCUT2D eigenvalue weighted by molar-refractivity contribution is 0.514. The van der Waals surface area contributed by atoms with E-state index in [1.807, 2.05) is 30.3 Å². The number of thioether (sulfide) groups is 1. The van der Waals surface area contributed by atoms with Crippen molar-refractivity contribution in [1.29, 1.82) is 0 Å². The third-order valence-electron chi connectivity index (χ3n) is 3.51. The van der Waals surface area contributed by atoms with Crippen molar-refractivity contribution < 1.29 is 8.83 Å². The van der Waals surface area contributed by atoms with Gasteiger partial charge >= 0.3 is 5.76 Å². The second-order valence-electron chi connectivity index (χ2n) is 5.14. The molecular weight excluding hydrogens is 360 g/mol. The Bertz CT molecular complexity index is 1020.